The number of hydrogen-bond donors (Lipinski definition) is 0. The molecule has 2 heterocycles. The van der Waals surface area contributed by atoms with Gasteiger partial charge in [0.2, 0.25) is 0 Å². The standard InChI is InChI=1S/C36H46S2/c1-2-3-4-5-6-7-8-9-10-11-12-13-14-15-17-30-19-21-32(22-20-30)35-27-28-36(38-35)33-25-23-31(24-26-33)34-18-16-29-37-34/h16,18-29H,2-15,17H2,1H3. The van der Waals surface area contributed by atoms with Crippen LogP contribution in [0.4, 0.5) is 0 Å². The van der Waals surface area contributed by atoms with E-state index >= 15 is 0 Å². The first kappa shape index (κ1) is 28.8. The maximum atomic E-state index is 2.34. The van der Waals surface area contributed by atoms with Gasteiger partial charge in [-0.2, -0.15) is 0 Å². The zero-order valence-corrected chi connectivity index (χ0v) is 25.1. The summed E-state index contributed by atoms with van der Waals surface area (Å²) in [7, 11) is 0. The van der Waals surface area contributed by atoms with E-state index in [1.54, 1.807) is 11.3 Å². The van der Waals surface area contributed by atoms with Crippen molar-refractivity contribution in [3.05, 3.63) is 83.7 Å². The molecule has 0 aliphatic carbocycles. The molecule has 0 nitrogen and oxygen atoms in total. The number of benzene rings is 2. The molecule has 0 aliphatic rings. The molecule has 0 aliphatic heterocycles. The number of hydrogen-bond acceptors (Lipinski definition) is 2. The van der Waals surface area contributed by atoms with Gasteiger partial charge < -0.3 is 0 Å². The van der Waals surface area contributed by atoms with Crippen LogP contribution in [0.3, 0.4) is 0 Å². The van der Waals surface area contributed by atoms with Crippen LogP contribution >= 0.6 is 22.7 Å². The third-order valence-electron chi connectivity index (χ3n) is 7.64. The Morgan fingerprint density at radius 2 is 0.895 bits per heavy atom. The fraction of sp³-hybridized carbons (Fsp3) is 0.444. The van der Waals surface area contributed by atoms with Crippen molar-refractivity contribution in [1.82, 2.24) is 0 Å². The lowest BCUT2D eigenvalue weighted by atomic mass is 10.0. The highest BCUT2D eigenvalue weighted by Crippen LogP contribution is 2.36. The zero-order chi connectivity index (χ0) is 26.3. The zero-order valence-electron chi connectivity index (χ0n) is 23.4. The maximum absolute atomic E-state index is 2.34. The Balaban J connectivity index is 1.09. The predicted octanol–water partition coefficient (Wildman–Crippen LogP) is 12.8. The second kappa shape index (κ2) is 16.7. The number of rotatable bonds is 18. The normalized spacial score (nSPS) is 11.3. The molecule has 0 amide bonds. The van der Waals surface area contributed by atoms with E-state index in [1.165, 1.54) is 133 Å². The van der Waals surface area contributed by atoms with Crippen LogP contribution in [0.15, 0.2) is 78.2 Å². The Morgan fingerprint density at radius 3 is 1.37 bits per heavy atom. The van der Waals surface area contributed by atoms with Crippen LogP contribution in [0.2, 0.25) is 0 Å². The van der Waals surface area contributed by atoms with Crippen LogP contribution in [0, 0.1) is 0 Å². The van der Waals surface area contributed by atoms with Crippen LogP contribution < -0.4 is 0 Å². The molecule has 0 N–H and O–H groups in total. The van der Waals surface area contributed by atoms with Crippen LogP contribution in [0.1, 0.15) is 102 Å². The lowest BCUT2D eigenvalue weighted by Gasteiger charge is -2.05. The molecule has 202 valence electrons. The molecule has 4 aromatic rings. The largest absolute Gasteiger partial charge is 0.144 e. The van der Waals surface area contributed by atoms with Gasteiger partial charge >= 0.3 is 0 Å². The number of thiophene rings is 2. The summed E-state index contributed by atoms with van der Waals surface area (Å²) in [6.45, 7) is 2.30. The summed E-state index contributed by atoms with van der Waals surface area (Å²) in [4.78, 5) is 4.02. The van der Waals surface area contributed by atoms with E-state index in [9.17, 15) is 0 Å². The molecule has 0 atom stereocenters. The maximum Gasteiger partial charge on any atom is 0.0349 e. The van der Waals surface area contributed by atoms with Gasteiger partial charge in [-0.1, -0.05) is 145 Å². The first-order chi connectivity index (χ1) is 18.8. The molecule has 0 saturated carbocycles. The van der Waals surface area contributed by atoms with Gasteiger partial charge in [0.1, 0.15) is 0 Å². The van der Waals surface area contributed by atoms with Crippen molar-refractivity contribution in [1.29, 1.82) is 0 Å². The van der Waals surface area contributed by atoms with Crippen molar-refractivity contribution in [3.8, 4) is 31.3 Å². The third kappa shape index (κ3) is 9.54. The lowest BCUT2D eigenvalue weighted by molar-refractivity contribution is 0.535. The molecular formula is C36H46S2. The minimum absolute atomic E-state index is 1.21. The van der Waals surface area contributed by atoms with Gasteiger partial charge in [0.05, 0.1) is 0 Å². The van der Waals surface area contributed by atoms with E-state index in [2.05, 4.69) is 85.1 Å². The van der Waals surface area contributed by atoms with Gasteiger partial charge in [-0.05, 0) is 58.7 Å². The average Bonchev–Trinajstić information content (AvgIpc) is 3.67. The van der Waals surface area contributed by atoms with Crippen LogP contribution in [-0.4, -0.2) is 0 Å². The Hall–Kier alpha value is -2.16. The highest BCUT2D eigenvalue weighted by Gasteiger charge is 2.07. The topological polar surface area (TPSA) is 0 Å². The van der Waals surface area contributed by atoms with Crippen molar-refractivity contribution in [2.45, 2.75) is 103 Å². The van der Waals surface area contributed by atoms with Gasteiger partial charge in [-0.3, -0.25) is 0 Å². The molecule has 2 aromatic heterocycles. The Bertz CT molecular complexity index is 1130. The molecule has 2 aromatic carbocycles. The lowest BCUT2D eigenvalue weighted by Crippen LogP contribution is -1.87. The van der Waals surface area contributed by atoms with Crippen LogP contribution in [0.5, 0.6) is 0 Å². The Morgan fingerprint density at radius 1 is 0.447 bits per heavy atom. The molecule has 38 heavy (non-hydrogen) atoms. The van der Waals surface area contributed by atoms with Crippen molar-refractivity contribution in [2.75, 3.05) is 0 Å². The van der Waals surface area contributed by atoms with Crippen LogP contribution in [-0.2, 0) is 6.42 Å². The van der Waals surface area contributed by atoms with E-state index < -0.39 is 0 Å². The van der Waals surface area contributed by atoms with E-state index in [0.717, 1.165) is 0 Å². The van der Waals surface area contributed by atoms with Gasteiger partial charge in [-0.15, -0.1) is 22.7 Å². The SMILES string of the molecule is CCCCCCCCCCCCCCCCc1ccc(-c2ccc(-c3ccc(-c4cccs4)cc3)s2)cc1. The van der Waals surface area contributed by atoms with Crippen molar-refractivity contribution < 1.29 is 0 Å². The molecule has 2 heteroatoms. The molecule has 4 rings (SSSR count). The molecule has 0 radical (unpaired) electrons. The van der Waals surface area contributed by atoms with Gasteiger partial charge in [0.25, 0.3) is 0 Å². The first-order valence-electron chi connectivity index (χ1n) is 15.2. The van der Waals surface area contributed by atoms with Crippen molar-refractivity contribution >= 4 is 22.7 Å². The summed E-state index contributed by atoms with van der Waals surface area (Å²) >= 11 is 3.69. The quantitative estimate of drug-likeness (QED) is 0.110. The van der Waals surface area contributed by atoms with Gasteiger partial charge in [-0.25, -0.2) is 0 Å². The average molecular weight is 543 g/mol. The molecular weight excluding hydrogens is 497 g/mol. The van der Waals surface area contributed by atoms with Gasteiger partial charge in [0, 0.05) is 14.6 Å². The molecule has 0 bridgehead atoms. The second-order valence-corrected chi connectivity index (χ2v) is 12.8. The van der Waals surface area contributed by atoms with Crippen LogP contribution in [0.25, 0.3) is 31.3 Å². The van der Waals surface area contributed by atoms with Crippen molar-refractivity contribution in [3.63, 3.8) is 0 Å². The monoisotopic (exact) mass is 542 g/mol. The van der Waals surface area contributed by atoms with E-state index in [-0.39, 0.29) is 0 Å². The fourth-order valence-corrected chi connectivity index (χ4v) is 7.00. The minimum atomic E-state index is 1.21. The summed E-state index contributed by atoms with van der Waals surface area (Å²) in [5.41, 5.74) is 5.42. The molecule has 0 unspecified atom stereocenters. The van der Waals surface area contributed by atoms with E-state index in [0.29, 0.717) is 0 Å². The number of aryl methyl sites for hydroxylation is 1. The third-order valence-corrected chi connectivity index (χ3v) is 9.74. The summed E-state index contributed by atoms with van der Waals surface area (Å²) in [5.74, 6) is 0. The smallest absolute Gasteiger partial charge is 0.0349 e. The van der Waals surface area contributed by atoms with Crippen molar-refractivity contribution in [2.24, 2.45) is 0 Å². The highest BCUT2D eigenvalue weighted by atomic mass is 32.1. The van der Waals surface area contributed by atoms with Gasteiger partial charge in [0.15, 0.2) is 0 Å². The van der Waals surface area contributed by atoms with E-state index in [1.807, 2.05) is 11.3 Å². The Kier molecular flexibility index (Phi) is 12.7. The summed E-state index contributed by atoms with van der Waals surface area (Å²) < 4.78 is 0. The Labute approximate surface area is 240 Å². The molecule has 0 saturated heterocycles. The first-order valence-corrected chi connectivity index (χ1v) is 16.9. The van der Waals surface area contributed by atoms with E-state index in [4.69, 9.17) is 0 Å². The summed E-state index contributed by atoms with van der Waals surface area (Å²) in [5, 5.41) is 2.14. The summed E-state index contributed by atoms with van der Waals surface area (Å²) in [6.07, 6.45) is 21.1. The highest BCUT2D eigenvalue weighted by molar-refractivity contribution is 7.18. The number of unbranched alkanes of at least 4 members (excludes halogenated alkanes) is 13. The molecule has 0 spiro atoms. The molecule has 0 fully saturated rings. The second-order valence-electron chi connectivity index (χ2n) is 10.8. The minimum Gasteiger partial charge on any atom is -0.144 e. The summed E-state index contributed by atoms with van der Waals surface area (Å²) in [6, 6.07) is 27.1. The predicted molar refractivity (Wildman–Crippen MR) is 173 cm³/mol. The fourth-order valence-electron chi connectivity index (χ4n) is 5.25.